The van der Waals surface area contributed by atoms with Crippen LogP contribution < -0.4 is 5.32 Å². The average molecular weight is 184 g/mol. The van der Waals surface area contributed by atoms with Gasteiger partial charge in [0.25, 0.3) is 0 Å². The van der Waals surface area contributed by atoms with Gasteiger partial charge < -0.3 is 10.2 Å². The fourth-order valence-electron chi connectivity index (χ4n) is 2.09. The predicted molar refractivity (Wildman–Crippen MR) is 58.0 cm³/mol. The largest absolute Gasteiger partial charge is 0.314 e. The van der Waals surface area contributed by atoms with Crippen molar-refractivity contribution in [3.05, 3.63) is 0 Å². The van der Waals surface area contributed by atoms with E-state index in [9.17, 15) is 0 Å². The topological polar surface area (TPSA) is 15.3 Å². The lowest BCUT2D eigenvalue weighted by molar-refractivity contribution is 0.385. The highest BCUT2D eigenvalue weighted by Crippen LogP contribution is 2.24. The molecule has 0 radical (unpaired) electrons. The lowest BCUT2D eigenvalue weighted by Crippen LogP contribution is -2.29. The van der Waals surface area contributed by atoms with Crippen molar-refractivity contribution in [3.63, 3.8) is 0 Å². The number of rotatable bonds is 5. The normalized spacial score (nSPS) is 28.6. The van der Waals surface area contributed by atoms with Crippen LogP contribution >= 0.6 is 0 Å². The van der Waals surface area contributed by atoms with Crippen LogP contribution in [0.4, 0.5) is 0 Å². The van der Waals surface area contributed by atoms with Gasteiger partial charge in [0.15, 0.2) is 0 Å². The van der Waals surface area contributed by atoms with E-state index in [0.29, 0.717) is 0 Å². The van der Waals surface area contributed by atoms with Crippen molar-refractivity contribution >= 4 is 0 Å². The second-order valence-corrected chi connectivity index (χ2v) is 4.73. The van der Waals surface area contributed by atoms with Crippen LogP contribution in [-0.2, 0) is 0 Å². The highest BCUT2D eigenvalue weighted by Gasteiger charge is 2.19. The van der Waals surface area contributed by atoms with Crippen molar-refractivity contribution in [1.29, 1.82) is 0 Å². The molecule has 0 heterocycles. The highest BCUT2D eigenvalue weighted by atomic mass is 15.1. The zero-order chi connectivity index (χ0) is 9.68. The van der Waals surface area contributed by atoms with Crippen LogP contribution in [0.2, 0.25) is 0 Å². The van der Waals surface area contributed by atoms with Crippen molar-refractivity contribution in [2.24, 2.45) is 5.92 Å². The summed E-state index contributed by atoms with van der Waals surface area (Å²) in [6.07, 6.45) is 5.48. The van der Waals surface area contributed by atoms with Crippen molar-refractivity contribution in [3.8, 4) is 0 Å². The molecule has 13 heavy (non-hydrogen) atoms. The first kappa shape index (κ1) is 11.0. The second-order valence-electron chi connectivity index (χ2n) is 4.73. The summed E-state index contributed by atoms with van der Waals surface area (Å²) < 4.78 is 0. The van der Waals surface area contributed by atoms with Crippen LogP contribution in [0, 0.1) is 5.92 Å². The Morgan fingerprint density at radius 1 is 1.31 bits per heavy atom. The number of hydrogen-bond donors (Lipinski definition) is 1. The first-order valence-corrected chi connectivity index (χ1v) is 5.56. The molecule has 2 heteroatoms. The number of nitrogens with one attached hydrogen (secondary N) is 1. The zero-order valence-corrected chi connectivity index (χ0v) is 9.34. The summed E-state index contributed by atoms with van der Waals surface area (Å²) in [6, 6.07) is 0.817. The van der Waals surface area contributed by atoms with Crippen molar-refractivity contribution in [2.75, 3.05) is 27.2 Å². The molecule has 0 aromatic heterocycles. The average Bonchev–Trinajstić information content (AvgIpc) is 2.45. The summed E-state index contributed by atoms with van der Waals surface area (Å²) in [5.41, 5.74) is 0. The number of nitrogens with zero attached hydrogens (tertiary/aromatic N) is 1. The van der Waals surface area contributed by atoms with E-state index < -0.39 is 0 Å². The monoisotopic (exact) mass is 184 g/mol. The van der Waals surface area contributed by atoms with Gasteiger partial charge in [0, 0.05) is 6.04 Å². The Kier molecular flexibility index (Phi) is 4.74. The van der Waals surface area contributed by atoms with Crippen molar-refractivity contribution < 1.29 is 0 Å². The first-order chi connectivity index (χ1) is 6.18. The second kappa shape index (κ2) is 5.61. The van der Waals surface area contributed by atoms with Crippen LogP contribution in [0.1, 0.15) is 32.6 Å². The fraction of sp³-hybridized carbons (Fsp3) is 1.00. The summed E-state index contributed by atoms with van der Waals surface area (Å²) in [7, 11) is 4.27. The maximum absolute atomic E-state index is 3.64. The van der Waals surface area contributed by atoms with Crippen LogP contribution in [0.3, 0.4) is 0 Å². The Balaban J connectivity index is 1.94. The quantitative estimate of drug-likeness (QED) is 0.654. The molecule has 1 saturated carbocycles. The van der Waals surface area contributed by atoms with E-state index in [0.717, 1.165) is 12.0 Å². The minimum Gasteiger partial charge on any atom is -0.314 e. The lowest BCUT2D eigenvalue weighted by Gasteiger charge is -2.14. The van der Waals surface area contributed by atoms with E-state index in [-0.39, 0.29) is 0 Å². The summed E-state index contributed by atoms with van der Waals surface area (Å²) >= 11 is 0. The van der Waals surface area contributed by atoms with Crippen LogP contribution in [-0.4, -0.2) is 38.1 Å². The Bertz CT molecular complexity index is 134. The van der Waals surface area contributed by atoms with E-state index in [1.165, 1.54) is 38.8 Å². The first-order valence-electron chi connectivity index (χ1n) is 5.56. The minimum absolute atomic E-state index is 0.817. The summed E-state index contributed by atoms with van der Waals surface area (Å²) in [5.74, 6) is 0.950. The van der Waals surface area contributed by atoms with Gasteiger partial charge in [-0.2, -0.15) is 0 Å². The molecule has 2 nitrogen and oxygen atoms in total. The zero-order valence-electron chi connectivity index (χ0n) is 9.34. The molecule has 0 aromatic rings. The summed E-state index contributed by atoms with van der Waals surface area (Å²) in [6.45, 7) is 4.76. The van der Waals surface area contributed by atoms with E-state index in [1.807, 2.05) is 0 Å². The van der Waals surface area contributed by atoms with E-state index >= 15 is 0 Å². The van der Waals surface area contributed by atoms with Gasteiger partial charge in [-0.15, -0.1) is 0 Å². The van der Waals surface area contributed by atoms with Gasteiger partial charge in [-0.05, 0) is 58.8 Å². The molecule has 0 saturated heterocycles. The van der Waals surface area contributed by atoms with Gasteiger partial charge in [-0.1, -0.05) is 6.92 Å². The fourth-order valence-corrected chi connectivity index (χ4v) is 2.09. The molecule has 1 aliphatic carbocycles. The minimum atomic E-state index is 0.817. The summed E-state index contributed by atoms with van der Waals surface area (Å²) in [5, 5.41) is 3.64. The van der Waals surface area contributed by atoms with Crippen LogP contribution in [0.5, 0.6) is 0 Å². The molecule has 0 spiro atoms. The molecule has 78 valence electrons. The van der Waals surface area contributed by atoms with Gasteiger partial charge in [0.1, 0.15) is 0 Å². The van der Waals surface area contributed by atoms with Crippen LogP contribution in [0.25, 0.3) is 0 Å². The van der Waals surface area contributed by atoms with E-state index in [1.54, 1.807) is 0 Å². The molecule has 1 fully saturated rings. The molecule has 1 N–H and O–H groups in total. The molecule has 0 aliphatic heterocycles. The van der Waals surface area contributed by atoms with Crippen LogP contribution in [0.15, 0.2) is 0 Å². The molecule has 0 aromatic carbocycles. The highest BCUT2D eigenvalue weighted by molar-refractivity contribution is 4.77. The Labute approximate surface area is 82.7 Å². The standard InChI is InChI=1S/C11H24N2/c1-10-5-6-11(9-10)12-7-4-8-13(2)3/h10-12H,4-9H2,1-3H3. The van der Waals surface area contributed by atoms with Gasteiger partial charge in [0.05, 0.1) is 0 Å². The molecule has 0 bridgehead atoms. The Morgan fingerprint density at radius 3 is 2.62 bits per heavy atom. The molecule has 1 aliphatic rings. The van der Waals surface area contributed by atoms with Crippen molar-refractivity contribution in [2.45, 2.75) is 38.6 Å². The third-order valence-electron chi connectivity index (χ3n) is 2.91. The molecule has 2 atom stereocenters. The van der Waals surface area contributed by atoms with Gasteiger partial charge >= 0.3 is 0 Å². The predicted octanol–water partition coefficient (Wildman–Crippen LogP) is 1.72. The smallest absolute Gasteiger partial charge is 0.00697 e. The Morgan fingerprint density at radius 2 is 2.08 bits per heavy atom. The van der Waals surface area contributed by atoms with E-state index in [4.69, 9.17) is 0 Å². The molecule has 2 unspecified atom stereocenters. The number of hydrogen-bond acceptors (Lipinski definition) is 2. The van der Waals surface area contributed by atoms with Crippen molar-refractivity contribution in [1.82, 2.24) is 10.2 Å². The molecular weight excluding hydrogens is 160 g/mol. The SMILES string of the molecule is CC1CCC(NCCCN(C)C)C1. The van der Waals surface area contributed by atoms with Gasteiger partial charge in [-0.3, -0.25) is 0 Å². The lowest BCUT2D eigenvalue weighted by atomic mass is 10.1. The van der Waals surface area contributed by atoms with E-state index in [2.05, 4.69) is 31.2 Å². The molecular formula is C11H24N2. The summed E-state index contributed by atoms with van der Waals surface area (Å²) in [4.78, 5) is 2.25. The third-order valence-corrected chi connectivity index (χ3v) is 2.91. The maximum Gasteiger partial charge on any atom is 0.00697 e. The van der Waals surface area contributed by atoms with Gasteiger partial charge in [-0.25, -0.2) is 0 Å². The molecule has 1 rings (SSSR count). The maximum atomic E-state index is 3.64. The van der Waals surface area contributed by atoms with Gasteiger partial charge in [0.2, 0.25) is 0 Å². The molecule has 0 amide bonds. The third kappa shape index (κ3) is 4.63. The Hall–Kier alpha value is -0.0800.